The lowest BCUT2D eigenvalue weighted by molar-refractivity contribution is 0.0602. The number of rotatable bonds is 4. The van der Waals surface area contributed by atoms with E-state index in [4.69, 9.17) is 10.00 Å². The summed E-state index contributed by atoms with van der Waals surface area (Å²) in [5.41, 5.74) is 2.06. The molecule has 7 nitrogen and oxygen atoms in total. The van der Waals surface area contributed by atoms with Crippen LogP contribution in [0.3, 0.4) is 0 Å². The number of thioether (sulfide) groups is 1. The highest BCUT2D eigenvalue weighted by Gasteiger charge is 2.17. The molecular formula is C18H14N4O3S. The number of hydrogen-bond donors (Lipinski definition) is 1. The third kappa shape index (κ3) is 3.58. The monoisotopic (exact) mass is 366 g/mol. The van der Waals surface area contributed by atoms with Crippen molar-refractivity contribution >= 4 is 28.8 Å². The van der Waals surface area contributed by atoms with Crippen molar-refractivity contribution in [1.82, 2.24) is 15.0 Å². The lowest BCUT2D eigenvalue weighted by Gasteiger charge is -2.07. The van der Waals surface area contributed by atoms with Crippen molar-refractivity contribution in [3.8, 4) is 6.07 Å². The highest BCUT2D eigenvalue weighted by atomic mass is 32.2. The van der Waals surface area contributed by atoms with Crippen molar-refractivity contribution in [1.29, 1.82) is 5.26 Å². The number of nitrogens with one attached hydrogen (secondary N) is 1. The Bertz CT molecular complexity index is 1080. The Labute approximate surface area is 153 Å². The third-order valence-corrected chi connectivity index (χ3v) is 4.59. The summed E-state index contributed by atoms with van der Waals surface area (Å²) in [4.78, 5) is 35.7. The van der Waals surface area contributed by atoms with E-state index in [0.717, 1.165) is 5.56 Å². The quantitative estimate of drug-likeness (QED) is 0.429. The summed E-state index contributed by atoms with van der Waals surface area (Å²) in [5, 5.41) is 9.34. The van der Waals surface area contributed by atoms with E-state index in [-0.39, 0.29) is 16.6 Å². The molecule has 0 saturated carbocycles. The average molecular weight is 366 g/mol. The molecule has 2 heterocycles. The summed E-state index contributed by atoms with van der Waals surface area (Å²) in [6.45, 7) is 1.72. The van der Waals surface area contributed by atoms with Crippen LogP contribution in [-0.2, 0) is 10.5 Å². The first kappa shape index (κ1) is 17.6. The molecule has 1 aromatic carbocycles. The standard InChI is InChI=1S/C18H14N4O3S/c1-10-7-13(17(24)25-2)14-15(20-10)21-18(22-16(14)23)26-9-12-5-3-11(8-19)4-6-12/h3-7H,9H2,1-2H3,(H,20,21,22,23). The number of aromatic nitrogens is 3. The highest BCUT2D eigenvalue weighted by molar-refractivity contribution is 7.98. The predicted molar refractivity (Wildman–Crippen MR) is 97.0 cm³/mol. The maximum absolute atomic E-state index is 12.5. The van der Waals surface area contributed by atoms with E-state index in [0.29, 0.717) is 22.2 Å². The maximum Gasteiger partial charge on any atom is 0.338 e. The predicted octanol–water partition coefficient (Wildman–Crippen LogP) is 2.58. The topological polar surface area (TPSA) is 109 Å². The molecule has 0 aliphatic rings. The zero-order valence-corrected chi connectivity index (χ0v) is 14.9. The number of carbonyl (C=O) groups is 1. The number of carbonyl (C=O) groups excluding carboxylic acids is 1. The van der Waals surface area contributed by atoms with Gasteiger partial charge >= 0.3 is 5.97 Å². The minimum Gasteiger partial charge on any atom is -0.465 e. The van der Waals surface area contributed by atoms with Gasteiger partial charge in [0, 0.05) is 11.4 Å². The summed E-state index contributed by atoms with van der Waals surface area (Å²) >= 11 is 1.34. The van der Waals surface area contributed by atoms with Crippen LogP contribution in [0.4, 0.5) is 0 Å². The van der Waals surface area contributed by atoms with E-state index in [1.54, 1.807) is 19.1 Å². The molecule has 0 amide bonds. The van der Waals surface area contributed by atoms with Gasteiger partial charge in [-0.1, -0.05) is 23.9 Å². The number of aromatic amines is 1. The van der Waals surface area contributed by atoms with Crippen LogP contribution in [0.2, 0.25) is 0 Å². The molecule has 0 aliphatic heterocycles. The summed E-state index contributed by atoms with van der Waals surface area (Å²) < 4.78 is 4.73. The molecule has 0 fully saturated rings. The van der Waals surface area contributed by atoms with E-state index < -0.39 is 11.5 Å². The second-order valence-electron chi connectivity index (χ2n) is 5.47. The minimum atomic E-state index is -0.606. The van der Waals surface area contributed by atoms with Crippen LogP contribution in [0.15, 0.2) is 40.3 Å². The maximum atomic E-state index is 12.5. The van der Waals surface area contributed by atoms with Gasteiger partial charge in [-0.25, -0.2) is 14.8 Å². The molecular weight excluding hydrogens is 352 g/mol. The number of nitriles is 1. The smallest absolute Gasteiger partial charge is 0.338 e. The molecule has 0 saturated heterocycles. The van der Waals surface area contributed by atoms with Gasteiger partial charge in [0.2, 0.25) is 0 Å². The largest absolute Gasteiger partial charge is 0.465 e. The minimum absolute atomic E-state index is 0.116. The summed E-state index contributed by atoms with van der Waals surface area (Å²) in [7, 11) is 1.26. The van der Waals surface area contributed by atoms with Crippen LogP contribution in [-0.4, -0.2) is 28.0 Å². The molecule has 0 atom stereocenters. The summed E-state index contributed by atoms with van der Waals surface area (Å²) in [5.74, 6) is -0.0404. The van der Waals surface area contributed by atoms with Crippen LogP contribution in [0, 0.1) is 18.3 Å². The molecule has 26 heavy (non-hydrogen) atoms. The van der Waals surface area contributed by atoms with Crippen LogP contribution < -0.4 is 5.56 Å². The van der Waals surface area contributed by atoms with Crippen molar-refractivity contribution in [2.24, 2.45) is 0 Å². The Morgan fingerprint density at radius 1 is 1.31 bits per heavy atom. The van der Waals surface area contributed by atoms with Gasteiger partial charge in [-0.15, -0.1) is 0 Å². The second kappa shape index (κ2) is 7.37. The fraction of sp³-hybridized carbons (Fsp3) is 0.167. The lowest BCUT2D eigenvalue weighted by Crippen LogP contribution is -2.16. The third-order valence-electron chi connectivity index (χ3n) is 3.65. The first-order valence-electron chi connectivity index (χ1n) is 7.63. The van der Waals surface area contributed by atoms with Crippen molar-refractivity contribution in [3.05, 3.63) is 63.1 Å². The SMILES string of the molecule is COC(=O)c1cc(C)nc2nc(SCc3ccc(C#N)cc3)[nH]c(=O)c12. The normalized spacial score (nSPS) is 10.5. The van der Waals surface area contributed by atoms with Gasteiger partial charge in [0.05, 0.1) is 29.7 Å². The number of ether oxygens (including phenoxy) is 1. The zero-order valence-electron chi connectivity index (χ0n) is 14.1. The molecule has 0 unspecified atom stereocenters. The number of H-pyrrole nitrogens is 1. The number of fused-ring (bicyclic) bond motifs is 1. The van der Waals surface area contributed by atoms with Gasteiger partial charge in [-0.3, -0.25) is 4.79 Å². The Morgan fingerprint density at radius 2 is 2.04 bits per heavy atom. The number of pyridine rings is 1. The van der Waals surface area contributed by atoms with Crippen LogP contribution in [0.25, 0.3) is 11.0 Å². The number of benzene rings is 1. The van der Waals surface area contributed by atoms with Crippen LogP contribution >= 0.6 is 11.8 Å². The molecule has 0 spiro atoms. The van der Waals surface area contributed by atoms with Gasteiger partial charge < -0.3 is 9.72 Å². The fourth-order valence-electron chi connectivity index (χ4n) is 2.41. The van der Waals surface area contributed by atoms with Crippen molar-refractivity contribution in [2.45, 2.75) is 17.8 Å². The molecule has 130 valence electrons. The van der Waals surface area contributed by atoms with E-state index in [2.05, 4.69) is 21.0 Å². The van der Waals surface area contributed by atoms with E-state index >= 15 is 0 Å². The first-order valence-corrected chi connectivity index (χ1v) is 8.62. The van der Waals surface area contributed by atoms with Crippen molar-refractivity contribution in [3.63, 3.8) is 0 Å². The number of esters is 1. The number of hydrogen-bond acceptors (Lipinski definition) is 7. The van der Waals surface area contributed by atoms with E-state index in [1.165, 1.54) is 24.9 Å². The van der Waals surface area contributed by atoms with Crippen LogP contribution in [0.1, 0.15) is 27.2 Å². The first-order chi connectivity index (χ1) is 12.5. The molecule has 0 radical (unpaired) electrons. The molecule has 1 N–H and O–H groups in total. The molecule has 2 aromatic heterocycles. The molecule has 0 bridgehead atoms. The van der Waals surface area contributed by atoms with Gasteiger partial charge in [-0.2, -0.15) is 5.26 Å². The van der Waals surface area contributed by atoms with E-state index in [9.17, 15) is 9.59 Å². The summed E-state index contributed by atoms with van der Waals surface area (Å²) in [6.07, 6.45) is 0. The van der Waals surface area contributed by atoms with Crippen molar-refractivity contribution < 1.29 is 9.53 Å². The van der Waals surface area contributed by atoms with Gasteiger partial charge in [-0.05, 0) is 30.7 Å². The number of aryl methyl sites for hydroxylation is 1. The zero-order chi connectivity index (χ0) is 18.7. The average Bonchev–Trinajstić information content (AvgIpc) is 2.65. The second-order valence-corrected chi connectivity index (χ2v) is 6.43. The summed E-state index contributed by atoms with van der Waals surface area (Å²) in [6, 6.07) is 10.7. The van der Waals surface area contributed by atoms with Gasteiger partial charge in [0.1, 0.15) is 0 Å². The Hall–Kier alpha value is -3.18. The molecule has 0 aliphatic carbocycles. The number of methoxy groups -OCH3 is 1. The molecule has 8 heteroatoms. The van der Waals surface area contributed by atoms with Gasteiger partial charge in [0.25, 0.3) is 5.56 Å². The van der Waals surface area contributed by atoms with Gasteiger partial charge in [0.15, 0.2) is 10.8 Å². The number of nitrogens with zero attached hydrogens (tertiary/aromatic N) is 3. The fourth-order valence-corrected chi connectivity index (χ4v) is 3.22. The highest BCUT2D eigenvalue weighted by Crippen LogP contribution is 2.21. The Morgan fingerprint density at radius 3 is 2.69 bits per heavy atom. The molecule has 3 aromatic rings. The lowest BCUT2D eigenvalue weighted by atomic mass is 10.1. The Balaban J connectivity index is 1.94. The molecule has 3 rings (SSSR count). The Kier molecular flexibility index (Phi) is 5.00. The van der Waals surface area contributed by atoms with Crippen molar-refractivity contribution in [2.75, 3.05) is 7.11 Å². The van der Waals surface area contributed by atoms with E-state index in [1.807, 2.05) is 12.1 Å². The van der Waals surface area contributed by atoms with Crippen LogP contribution in [0.5, 0.6) is 0 Å².